The van der Waals surface area contributed by atoms with Crippen LogP contribution in [0, 0.1) is 0 Å². The van der Waals surface area contributed by atoms with Crippen molar-refractivity contribution in [3.8, 4) is 11.5 Å². The van der Waals surface area contributed by atoms with Crippen molar-refractivity contribution >= 4 is 17.5 Å². The van der Waals surface area contributed by atoms with Crippen LogP contribution < -0.4 is 10.1 Å². The standard InChI is InChI=1S/C21H24N2O4/c1-16(24)23(14-20-8-5-13-26-20)15-21(25)22-17-9-11-19(12-10-17)27-18-6-3-2-4-7-18/h2-4,6-7,9-12,20H,5,8,13-15H2,1H3,(H,22,25). The minimum Gasteiger partial charge on any atom is -0.457 e. The Morgan fingerprint density at radius 1 is 1.11 bits per heavy atom. The van der Waals surface area contributed by atoms with Crippen LogP contribution in [-0.4, -0.2) is 42.5 Å². The molecule has 0 spiro atoms. The molecule has 1 saturated heterocycles. The second-order valence-electron chi connectivity index (χ2n) is 6.52. The molecular weight excluding hydrogens is 344 g/mol. The smallest absolute Gasteiger partial charge is 0.243 e. The number of anilines is 1. The minimum atomic E-state index is -0.236. The molecule has 2 amide bonds. The van der Waals surface area contributed by atoms with Gasteiger partial charge in [-0.05, 0) is 49.2 Å². The van der Waals surface area contributed by atoms with Crippen LogP contribution in [0.5, 0.6) is 11.5 Å². The maximum Gasteiger partial charge on any atom is 0.243 e. The SMILES string of the molecule is CC(=O)N(CC(=O)Nc1ccc(Oc2ccccc2)cc1)CC1CCCO1. The summed E-state index contributed by atoms with van der Waals surface area (Å²) in [6, 6.07) is 16.6. The van der Waals surface area contributed by atoms with E-state index in [9.17, 15) is 9.59 Å². The van der Waals surface area contributed by atoms with Gasteiger partial charge in [-0.15, -0.1) is 0 Å². The molecule has 142 valence electrons. The summed E-state index contributed by atoms with van der Waals surface area (Å²) in [5.41, 5.74) is 0.654. The largest absolute Gasteiger partial charge is 0.457 e. The van der Waals surface area contributed by atoms with Gasteiger partial charge in [0.1, 0.15) is 11.5 Å². The van der Waals surface area contributed by atoms with E-state index in [-0.39, 0.29) is 24.5 Å². The average Bonchev–Trinajstić information content (AvgIpc) is 3.17. The summed E-state index contributed by atoms with van der Waals surface area (Å²) in [5.74, 6) is 1.07. The van der Waals surface area contributed by atoms with E-state index in [2.05, 4.69) is 5.32 Å². The van der Waals surface area contributed by atoms with Gasteiger partial charge in [0.2, 0.25) is 11.8 Å². The zero-order valence-corrected chi connectivity index (χ0v) is 15.4. The van der Waals surface area contributed by atoms with Crippen LogP contribution in [0.4, 0.5) is 5.69 Å². The Labute approximate surface area is 159 Å². The zero-order chi connectivity index (χ0) is 19.1. The number of nitrogens with one attached hydrogen (secondary N) is 1. The van der Waals surface area contributed by atoms with E-state index in [1.54, 1.807) is 24.3 Å². The lowest BCUT2D eigenvalue weighted by molar-refractivity contribution is -0.134. The fourth-order valence-corrected chi connectivity index (χ4v) is 2.94. The van der Waals surface area contributed by atoms with Gasteiger partial charge in [-0.2, -0.15) is 0 Å². The summed E-state index contributed by atoms with van der Waals surface area (Å²) in [6.45, 7) is 2.65. The zero-order valence-electron chi connectivity index (χ0n) is 15.4. The molecule has 0 radical (unpaired) electrons. The lowest BCUT2D eigenvalue weighted by Crippen LogP contribution is -2.41. The predicted octanol–water partition coefficient (Wildman–Crippen LogP) is 3.44. The predicted molar refractivity (Wildman–Crippen MR) is 103 cm³/mol. The number of carbonyl (C=O) groups excluding carboxylic acids is 2. The van der Waals surface area contributed by atoms with E-state index in [1.807, 2.05) is 30.3 Å². The molecule has 1 aliphatic rings. The van der Waals surface area contributed by atoms with Gasteiger partial charge in [0.15, 0.2) is 0 Å². The van der Waals surface area contributed by atoms with Crippen molar-refractivity contribution in [1.29, 1.82) is 0 Å². The molecular formula is C21H24N2O4. The number of nitrogens with zero attached hydrogens (tertiary/aromatic N) is 1. The Morgan fingerprint density at radius 3 is 2.44 bits per heavy atom. The molecule has 1 unspecified atom stereocenters. The van der Waals surface area contributed by atoms with E-state index in [0.717, 1.165) is 25.2 Å². The molecule has 0 aromatic heterocycles. The first kappa shape index (κ1) is 18.9. The van der Waals surface area contributed by atoms with Gasteiger partial charge in [0.25, 0.3) is 0 Å². The molecule has 0 bridgehead atoms. The third kappa shape index (κ3) is 5.82. The Bertz CT molecular complexity index is 756. The Hall–Kier alpha value is -2.86. The second kappa shape index (κ2) is 9.19. The first-order chi connectivity index (χ1) is 13.1. The molecule has 0 aliphatic carbocycles. The lowest BCUT2D eigenvalue weighted by atomic mass is 10.2. The second-order valence-corrected chi connectivity index (χ2v) is 6.52. The van der Waals surface area contributed by atoms with E-state index in [0.29, 0.717) is 18.0 Å². The van der Waals surface area contributed by atoms with Crippen molar-refractivity contribution in [1.82, 2.24) is 4.90 Å². The number of ether oxygens (including phenoxy) is 2. The highest BCUT2D eigenvalue weighted by atomic mass is 16.5. The van der Waals surface area contributed by atoms with E-state index >= 15 is 0 Å². The molecule has 1 N–H and O–H groups in total. The molecule has 6 nitrogen and oxygen atoms in total. The van der Waals surface area contributed by atoms with Crippen molar-refractivity contribution in [3.63, 3.8) is 0 Å². The van der Waals surface area contributed by atoms with E-state index in [4.69, 9.17) is 9.47 Å². The molecule has 3 rings (SSSR count). The summed E-state index contributed by atoms with van der Waals surface area (Å²) in [7, 11) is 0. The van der Waals surface area contributed by atoms with Gasteiger partial charge in [0, 0.05) is 25.8 Å². The Morgan fingerprint density at radius 2 is 1.81 bits per heavy atom. The number of carbonyl (C=O) groups is 2. The molecule has 6 heteroatoms. The number of hydrogen-bond acceptors (Lipinski definition) is 4. The minimum absolute atomic E-state index is 0.0114. The van der Waals surface area contributed by atoms with Crippen LogP contribution in [0.1, 0.15) is 19.8 Å². The van der Waals surface area contributed by atoms with Gasteiger partial charge < -0.3 is 19.7 Å². The van der Waals surface area contributed by atoms with E-state index in [1.165, 1.54) is 11.8 Å². The Kier molecular flexibility index (Phi) is 6.44. The fourth-order valence-electron chi connectivity index (χ4n) is 2.94. The van der Waals surface area contributed by atoms with Crippen LogP contribution in [0.25, 0.3) is 0 Å². The van der Waals surface area contributed by atoms with Crippen molar-refractivity contribution in [2.75, 3.05) is 25.0 Å². The maximum atomic E-state index is 12.3. The topological polar surface area (TPSA) is 67.9 Å². The van der Waals surface area contributed by atoms with Gasteiger partial charge in [0.05, 0.1) is 12.6 Å². The number of benzene rings is 2. The monoisotopic (exact) mass is 368 g/mol. The highest BCUT2D eigenvalue weighted by Crippen LogP contribution is 2.22. The van der Waals surface area contributed by atoms with Crippen molar-refractivity contribution in [3.05, 3.63) is 54.6 Å². The molecule has 2 aromatic carbocycles. The summed E-state index contributed by atoms with van der Waals surface area (Å²) >= 11 is 0. The quantitative estimate of drug-likeness (QED) is 0.813. The summed E-state index contributed by atoms with van der Waals surface area (Å²) < 4.78 is 11.3. The summed E-state index contributed by atoms with van der Waals surface area (Å²) in [6.07, 6.45) is 1.95. The molecule has 1 atom stereocenters. The highest BCUT2D eigenvalue weighted by molar-refractivity contribution is 5.94. The molecule has 2 aromatic rings. The third-order valence-corrected chi connectivity index (χ3v) is 4.34. The normalized spacial score (nSPS) is 16.0. The lowest BCUT2D eigenvalue weighted by Gasteiger charge is -2.23. The molecule has 0 saturated carbocycles. The van der Waals surface area contributed by atoms with Crippen molar-refractivity contribution in [2.24, 2.45) is 0 Å². The summed E-state index contributed by atoms with van der Waals surface area (Å²) in [4.78, 5) is 25.6. The molecule has 27 heavy (non-hydrogen) atoms. The number of hydrogen-bond donors (Lipinski definition) is 1. The van der Waals surface area contributed by atoms with Gasteiger partial charge in [-0.25, -0.2) is 0 Å². The van der Waals surface area contributed by atoms with E-state index < -0.39 is 0 Å². The number of rotatable bonds is 7. The van der Waals surface area contributed by atoms with Crippen molar-refractivity contribution in [2.45, 2.75) is 25.9 Å². The van der Waals surface area contributed by atoms with Crippen LogP contribution in [0.15, 0.2) is 54.6 Å². The average molecular weight is 368 g/mol. The Balaban J connectivity index is 1.52. The number of amides is 2. The molecule has 1 fully saturated rings. The van der Waals surface area contributed by atoms with Gasteiger partial charge >= 0.3 is 0 Å². The van der Waals surface area contributed by atoms with Crippen LogP contribution in [-0.2, 0) is 14.3 Å². The highest BCUT2D eigenvalue weighted by Gasteiger charge is 2.22. The third-order valence-electron chi connectivity index (χ3n) is 4.34. The van der Waals surface area contributed by atoms with Gasteiger partial charge in [-0.1, -0.05) is 18.2 Å². The van der Waals surface area contributed by atoms with Crippen LogP contribution in [0.3, 0.4) is 0 Å². The van der Waals surface area contributed by atoms with Gasteiger partial charge in [-0.3, -0.25) is 9.59 Å². The van der Waals surface area contributed by atoms with Crippen molar-refractivity contribution < 1.29 is 19.1 Å². The molecule has 1 aliphatic heterocycles. The fraction of sp³-hybridized carbons (Fsp3) is 0.333. The van der Waals surface area contributed by atoms with Crippen LogP contribution in [0.2, 0.25) is 0 Å². The first-order valence-electron chi connectivity index (χ1n) is 9.10. The molecule has 1 heterocycles. The first-order valence-corrected chi connectivity index (χ1v) is 9.10. The maximum absolute atomic E-state index is 12.3. The number of para-hydroxylation sites is 1. The van der Waals surface area contributed by atoms with Crippen LogP contribution >= 0.6 is 0 Å². The summed E-state index contributed by atoms with van der Waals surface area (Å²) in [5, 5.41) is 2.81.